The van der Waals surface area contributed by atoms with E-state index in [0.29, 0.717) is 20.0 Å². The van der Waals surface area contributed by atoms with E-state index < -0.39 is 0 Å². The quantitative estimate of drug-likeness (QED) is 0.842. The van der Waals surface area contributed by atoms with Gasteiger partial charge in [-0.3, -0.25) is 0 Å². The number of anilines is 1. The number of hydrogen-bond acceptors (Lipinski definition) is 4. The Morgan fingerprint density at radius 2 is 1.96 bits per heavy atom. The number of nitrogens with zero attached hydrogens (tertiary/aromatic N) is 1. The van der Waals surface area contributed by atoms with Crippen molar-refractivity contribution in [1.82, 2.24) is 0 Å². The van der Waals surface area contributed by atoms with Crippen molar-refractivity contribution < 1.29 is 14.2 Å². The highest BCUT2D eigenvalue weighted by Crippen LogP contribution is 2.53. The van der Waals surface area contributed by atoms with Gasteiger partial charge in [0.1, 0.15) is 18.1 Å². The zero-order valence-electron chi connectivity index (χ0n) is 14.9. The minimum Gasteiger partial charge on any atom is -0.492 e. The van der Waals surface area contributed by atoms with Crippen LogP contribution in [0.5, 0.6) is 11.5 Å². The molecule has 4 nitrogen and oxygen atoms in total. The van der Waals surface area contributed by atoms with Gasteiger partial charge in [0, 0.05) is 29.9 Å². The normalized spacial score (nSPS) is 25.5. The van der Waals surface area contributed by atoms with E-state index >= 15 is 0 Å². The summed E-state index contributed by atoms with van der Waals surface area (Å²) in [6, 6.07) is 13.2. The van der Waals surface area contributed by atoms with Gasteiger partial charge in [-0.15, -0.1) is 0 Å². The van der Waals surface area contributed by atoms with Crippen LogP contribution in [0, 0.1) is 5.92 Å². The molecule has 4 heteroatoms. The van der Waals surface area contributed by atoms with Gasteiger partial charge in [0.05, 0.1) is 12.0 Å². The Morgan fingerprint density at radius 3 is 2.88 bits per heavy atom. The van der Waals surface area contributed by atoms with Crippen LogP contribution in [0.15, 0.2) is 36.4 Å². The van der Waals surface area contributed by atoms with Crippen molar-refractivity contribution >= 4 is 5.69 Å². The van der Waals surface area contributed by atoms with Gasteiger partial charge in [0.25, 0.3) is 0 Å². The lowest BCUT2D eigenvalue weighted by molar-refractivity contribution is -0.0165. The fourth-order valence-electron chi connectivity index (χ4n) is 4.83. The van der Waals surface area contributed by atoms with Crippen molar-refractivity contribution in [3.63, 3.8) is 0 Å². The molecule has 0 bridgehead atoms. The topological polar surface area (TPSA) is 30.9 Å². The highest BCUT2D eigenvalue weighted by atomic mass is 16.7. The predicted molar refractivity (Wildman–Crippen MR) is 99.0 cm³/mol. The molecule has 1 saturated carbocycles. The summed E-state index contributed by atoms with van der Waals surface area (Å²) in [5, 5.41) is 0. The number of fused-ring (bicyclic) bond motifs is 5. The Hall–Kier alpha value is -2.20. The number of ether oxygens (including phenoxy) is 3. The van der Waals surface area contributed by atoms with Gasteiger partial charge in [-0.1, -0.05) is 31.0 Å². The Kier molecular flexibility index (Phi) is 3.10. The van der Waals surface area contributed by atoms with Crippen molar-refractivity contribution in [3.8, 4) is 11.5 Å². The third-order valence-electron chi connectivity index (χ3n) is 6.43. The fourth-order valence-corrected chi connectivity index (χ4v) is 4.83. The fraction of sp³-hybridized carbons (Fsp3) is 0.455. The van der Waals surface area contributed by atoms with Crippen LogP contribution >= 0.6 is 0 Å². The van der Waals surface area contributed by atoms with Gasteiger partial charge >= 0.3 is 0 Å². The maximum atomic E-state index is 6.21. The van der Waals surface area contributed by atoms with Gasteiger partial charge in [-0.2, -0.15) is 0 Å². The van der Waals surface area contributed by atoms with E-state index in [1.54, 1.807) is 0 Å². The van der Waals surface area contributed by atoms with E-state index in [-0.39, 0.29) is 5.41 Å². The van der Waals surface area contributed by atoms with Gasteiger partial charge < -0.3 is 19.1 Å². The monoisotopic (exact) mass is 349 g/mol. The molecule has 6 rings (SSSR count). The molecule has 3 heterocycles. The van der Waals surface area contributed by atoms with Gasteiger partial charge in [-0.05, 0) is 36.1 Å². The summed E-state index contributed by atoms with van der Waals surface area (Å²) in [6.07, 6.45) is 4.14. The van der Waals surface area contributed by atoms with Crippen LogP contribution in [-0.2, 0) is 16.8 Å². The zero-order valence-corrected chi connectivity index (χ0v) is 14.9. The van der Waals surface area contributed by atoms with E-state index in [1.807, 2.05) is 0 Å². The summed E-state index contributed by atoms with van der Waals surface area (Å²) >= 11 is 0. The smallest absolute Gasteiger partial charge is 0.189 e. The first-order valence-electron chi connectivity index (χ1n) is 9.69. The maximum absolute atomic E-state index is 6.21. The maximum Gasteiger partial charge on any atom is 0.189 e. The average Bonchev–Trinajstić information content (AvgIpc) is 3.38. The lowest BCUT2D eigenvalue weighted by Gasteiger charge is -2.26. The molecule has 134 valence electrons. The first-order valence-corrected chi connectivity index (χ1v) is 9.69. The summed E-state index contributed by atoms with van der Waals surface area (Å²) in [5.41, 5.74) is 5.07. The van der Waals surface area contributed by atoms with Crippen LogP contribution in [0.4, 0.5) is 5.69 Å². The Bertz CT molecular complexity index is 876. The average molecular weight is 349 g/mol. The molecule has 0 N–H and O–H groups in total. The molecule has 0 radical (unpaired) electrons. The molecule has 1 unspecified atom stereocenters. The molecule has 4 aliphatic rings. The van der Waals surface area contributed by atoms with Crippen LogP contribution < -0.4 is 14.4 Å². The molecular weight excluding hydrogens is 326 g/mol. The number of benzene rings is 2. The van der Waals surface area contributed by atoms with Crippen molar-refractivity contribution in [2.24, 2.45) is 5.92 Å². The van der Waals surface area contributed by atoms with Crippen LogP contribution in [0.25, 0.3) is 0 Å². The Balaban J connectivity index is 1.43. The number of para-hydroxylation sites is 1. The third kappa shape index (κ3) is 2.11. The van der Waals surface area contributed by atoms with E-state index in [2.05, 4.69) is 41.3 Å². The second-order valence-corrected chi connectivity index (χ2v) is 8.11. The van der Waals surface area contributed by atoms with Crippen LogP contribution in [0.3, 0.4) is 0 Å². The molecule has 3 aliphatic heterocycles. The summed E-state index contributed by atoms with van der Waals surface area (Å²) in [4.78, 5) is 2.58. The summed E-state index contributed by atoms with van der Waals surface area (Å²) in [6.45, 7) is 3.80. The molecule has 2 aromatic rings. The predicted octanol–water partition coefficient (Wildman–Crippen LogP) is 3.85. The van der Waals surface area contributed by atoms with Crippen LogP contribution in [-0.4, -0.2) is 26.5 Å². The molecule has 1 atom stereocenters. The molecule has 1 spiro atoms. The number of rotatable bonds is 3. The highest BCUT2D eigenvalue weighted by Gasteiger charge is 2.50. The van der Waals surface area contributed by atoms with Crippen LogP contribution in [0.1, 0.15) is 36.0 Å². The summed E-state index contributed by atoms with van der Waals surface area (Å²) in [5.74, 6) is 2.90. The summed E-state index contributed by atoms with van der Waals surface area (Å²) < 4.78 is 17.4. The largest absolute Gasteiger partial charge is 0.492 e. The molecule has 26 heavy (non-hydrogen) atoms. The van der Waals surface area contributed by atoms with Crippen molar-refractivity contribution in [1.29, 1.82) is 0 Å². The Morgan fingerprint density at radius 1 is 1.04 bits per heavy atom. The minimum absolute atomic E-state index is 0.0772. The summed E-state index contributed by atoms with van der Waals surface area (Å²) in [7, 11) is 0. The second-order valence-electron chi connectivity index (χ2n) is 8.11. The van der Waals surface area contributed by atoms with E-state index in [4.69, 9.17) is 14.2 Å². The van der Waals surface area contributed by atoms with E-state index in [9.17, 15) is 0 Å². The van der Waals surface area contributed by atoms with Crippen molar-refractivity contribution in [3.05, 3.63) is 53.1 Å². The molecule has 0 amide bonds. The van der Waals surface area contributed by atoms with E-state index in [0.717, 1.165) is 36.1 Å². The second kappa shape index (κ2) is 5.40. The van der Waals surface area contributed by atoms with E-state index in [1.165, 1.54) is 36.1 Å². The molecule has 1 aliphatic carbocycles. The van der Waals surface area contributed by atoms with Crippen molar-refractivity contribution in [2.45, 2.75) is 31.3 Å². The molecule has 1 fully saturated rings. The molecule has 0 saturated heterocycles. The zero-order chi connectivity index (χ0) is 17.1. The first kappa shape index (κ1) is 14.9. The highest BCUT2D eigenvalue weighted by molar-refractivity contribution is 5.70. The number of hydrogen-bond donors (Lipinski definition) is 0. The molecular formula is C22H23NO3. The lowest BCUT2D eigenvalue weighted by atomic mass is 9.77. The Labute approximate surface area is 153 Å². The van der Waals surface area contributed by atoms with Crippen molar-refractivity contribution in [2.75, 3.05) is 31.4 Å². The standard InChI is InChI=1S/C22H23NO3/c1-2-4-19-17(3-1)22(12-23(19)8-7-15-5-6-15)13-25-21-9-16-11-24-14-26-20(16)10-18(21)22/h1-4,9-10,15H,5-8,11-14H2. The van der Waals surface area contributed by atoms with Gasteiger partial charge in [-0.25, -0.2) is 0 Å². The third-order valence-corrected chi connectivity index (χ3v) is 6.43. The van der Waals surface area contributed by atoms with Gasteiger partial charge in [0.15, 0.2) is 6.79 Å². The van der Waals surface area contributed by atoms with Crippen LogP contribution in [0.2, 0.25) is 0 Å². The SMILES string of the molecule is c1ccc2c(c1)N(CCC1CC1)CC21COc2cc3c(cc21)OCOC3. The molecule has 2 aromatic carbocycles. The lowest BCUT2D eigenvalue weighted by Crippen LogP contribution is -2.36. The first-order chi connectivity index (χ1) is 12.8. The molecule has 0 aromatic heterocycles. The minimum atomic E-state index is -0.0772. The van der Waals surface area contributed by atoms with Gasteiger partial charge in [0.2, 0.25) is 0 Å².